The zero-order valence-electron chi connectivity index (χ0n) is 20.6. The van der Waals surface area contributed by atoms with Gasteiger partial charge in [-0.2, -0.15) is 0 Å². The van der Waals surface area contributed by atoms with Crippen LogP contribution in [-0.4, -0.2) is 39.2 Å². The minimum atomic E-state index is -0.164. The average Bonchev–Trinajstić information content (AvgIpc) is 2.89. The summed E-state index contributed by atoms with van der Waals surface area (Å²) in [4.78, 5) is 34.3. The van der Waals surface area contributed by atoms with E-state index in [4.69, 9.17) is 4.98 Å². The Morgan fingerprint density at radius 1 is 1.00 bits per heavy atom. The van der Waals surface area contributed by atoms with E-state index in [0.717, 1.165) is 54.6 Å². The molecular formula is C29H33N3O2S. The van der Waals surface area contributed by atoms with Gasteiger partial charge in [-0.15, -0.1) is 0 Å². The molecule has 5 nitrogen and oxygen atoms in total. The standard InChI is InChI=1S/C29H33N3O2S/c1-3-31(4-2)24(33)20-35-28-30-26-23-16-10-9-13-21(23)19-29(17-11-6-12-18-29)25(26)27(34)32(28)22-14-7-5-8-15-22/h5,7-10,13-16H,3-4,6,11-12,17-20H2,1-2H3. The largest absolute Gasteiger partial charge is 0.343 e. The van der Waals surface area contributed by atoms with Crippen molar-refractivity contribution in [3.8, 4) is 16.9 Å². The molecule has 1 saturated carbocycles. The Hall–Kier alpha value is -2.86. The van der Waals surface area contributed by atoms with Gasteiger partial charge in [-0.05, 0) is 50.8 Å². The van der Waals surface area contributed by atoms with Crippen LogP contribution in [0.5, 0.6) is 0 Å². The normalized spacial score (nSPS) is 15.9. The summed E-state index contributed by atoms with van der Waals surface area (Å²) in [6.07, 6.45) is 6.44. The molecule has 1 aromatic heterocycles. The van der Waals surface area contributed by atoms with Crippen LogP contribution in [0.1, 0.15) is 57.1 Å². The average molecular weight is 488 g/mol. The van der Waals surface area contributed by atoms with Gasteiger partial charge in [0, 0.05) is 24.1 Å². The number of rotatable bonds is 6. The third-order valence-corrected chi connectivity index (χ3v) is 8.57. The quantitative estimate of drug-likeness (QED) is 0.335. The van der Waals surface area contributed by atoms with E-state index < -0.39 is 0 Å². The minimum Gasteiger partial charge on any atom is -0.343 e. The first-order chi connectivity index (χ1) is 17.1. The number of nitrogens with zero attached hydrogens (tertiary/aromatic N) is 3. The van der Waals surface area contributed by atoms with E-state index >= 15 is 0 Å². The van der Waals surface area contributed by atoms with Crippen LogP contribution in [0.15, 0.2) is 64.5 Å². The van der Waals surface area contributed by atoms with Crippen molar-refractivity contribution in [3.05, 3.63) is 76.1 Å². The SMILES string of the molecule is CCN(CC)C(=O)CSc1nc2c(c(=O)n1-c1ccccc1)C1(CCCCC1)Cc1ccccc1-2. The summed E-state index contributed by atoms with van der Waals surface area (Å²) in [5.41, 5.74) is 4.70. The number of carbonyl (C=O) groups is 1. The molecule has 2 aliphatic rings. The highest BCUT2D eigenvalue weighted by Crippen LogP contribution is 2.49. The van der Waals surface area contributed by atoms with Crippen molar-refractivity contribution in [2.24, 2.45) is 0 Å². The Morgan fingerprint density at radius 2 is 1.69 bits per heavy atom. The van der Waals surface area contributed by atoms with Gasteiger partial charge in [-0.25, -0.2) is 4.98 Å². The molecule has 0 radical (unpaired) electrons. The Balaban J connectivity index is 1.71. The van der Waals surface area contributed by atoms with Crippen LogP contribution in [0.2, 0.25) is 0 Å². The zero-order chi connectivity index (χ0) is 24.4. The fourth-order valence-corrected chi connectivity index (χ4v) is 6.79. The first kappa shape index (κ1) is 23.9. The van der Waals surface area contributed by atoms with Crippen LogP contribution in [0, 0.1) is 0 Å². The van der Waals surface area contributed by atoms with Crippen LogP contribution in [-0.2, 0) is 16.6 Å². The second kappa shape index (κ2) is 10.0. The van der Waals surface area contributed by atoms with E-state index in [-0.39, 0.29) is 22.6 Å². The molecule has 0 aliphatic heterocycles. The van der Waals surface area contributed by atoms with Gasteiger partial charge < -0.3 is 4.90 Å². The second-order valence-electron chi connectivity index (χ2n) is 9.62. The molecule has 1 fully saturated rings. The fourth-order valence-electron chi connectivity index (χ4n) is 5.88. The topological polar surface area (TPSA) is 55.2 Å². The monoisotopic (exact) mass is 487 g/mol. The number of hydrogen-bond acceptors (Lipinski definition) is 4. The van der Waals surface area contributed by atoms with E-state index in [2.05, 4.69) is 18.2 Å². The van der Waals surface area contributed by atoms with Crippen molar-refractivity contribution in [2.75, 3.05) is 18.8 Å². The van der Waals surface area contributed by atoms with Crippen LogP contribution in [0.25, 0.3) is 16.9 Å². The van der Waals surface area contributed by atoms with Crippen LogP contribution < -0.4 is 5.56 Å². The number of hydrogen-bond donors (Lipinski definition) is 0. The highest BCUT2D eigenvalue weighted by Gasteiger charge is 2.43. The van der Waals surface area contributed by atoms with E-state index in [1.54, 1.807) is 4.57 Å². The van der Waals surface area contributed by atoms with Gasteiger partial charge in [0.1, 0.15) is 0 Å². The lowest BCUT2D eigenvalue weighted by Crippen LogP contribution is -2.43. The Kier molecular flexibility index (Phi) is 6.83. The van der Waals surface area contributed by atoms with Gasteiger partial charge in [0.05, 0.1) is 22.7 Å². The third kappa shape index (κ3) is 4.33. The maximum absolute atomic E-state index is 14.4. The Bertz CT molecular complexity index is 1270. The molecule has 182 valence electrons. The predicted molar refractivity (Wildman–Crippen MR) is 142 cm³/mol. The maximum Gasteiger partial charge on any atom is 0.263 e. The lowest BCUT2D eigenvalue weighted by atomic mass is 9.62. The molecule has 1 amide bonds. The van der Waals surface area contributed by atoms with Crippen LogP contribution in [0.4, 0.5) is 0 Å². The Morgan fingerprint density at radius 3 is 2.40 bits per heavy atom. The number of fused-ring (bicyclic) bond motifs is 4. The molecule has 6 heteroatoms. The van der Waals surface area contributed by atoms with Crippen LogP contribution >= 0.6 is 11.8 Å². The van der Waals surface area contributed by atoms with Gasteiger partial charge in [-0.3, -0.25) is 14.2 Å². The number of amides is 1. The van der Waals surface area contributed by atoms with E-state index in [9.17, 15) is 9.59 Å². The van der Waals surface area contributed by atoms with Gasteiger partial charge in [0.2, 0.25) is 5.91 Å². The van der Waals surface area contributed by atoms with Crippen molar-refractivity contribution in [2.45, 2.75) is 62.9 Å². The smallest absolute Gasteiger partial charge is 0.263 e. The molecule has 0 bridgehead atoms. The van der Waals surface area contributed by atoms with E-state index in [1.807, 2.05) is 55.1 Å². The van der Waals surface area contributed by atoms with Crippen LogP contribution in [0.3, 0.4) is 0 Å². The molecule has 0 atom stereocenters. The zero-order valence-corrected chi connectivity index (χ0v) is 21.4. The molecule has 0 saturated heterocycles. The summed E-state index contributed by atoms with van der Waals surface area (Å²) < 4.78 is 1.75. The number of thioether (sulfide) groups is 1. The van der Waals surface area contributed by atoms with Crippen molar-refractivity contribution in [3.63, 3.8) is 0 Å². The third-order valence-electron chi connectivity index (χ3n) is 7.65. The molecular weight excluding hydrogens is 454 g/mol. The summed E-state index contributed by atoms with van der Waals surface area (Å²) in [6, 6.07) is 18.2. The fraction of sp³-hybridized carbons (Fsp3) is 0.414. The molecule has 0 N–H and O–H groups in total. The first-order valence-electron chi connectivity index (χ1n) is 12.8. The summed E-state index contributed by atoms with van der Waals surface area (Å²) >= 11 is 1.37. The molecule has 35 heavy (non-hydrogen) atoms. The second-order valence-corrected chi connectivity index (χ2v) is 10.6. The molecule has 1 spiro atoms. The number of para-hydroxylation sites is 1. The van der Waals surface area contributed by atoms with Gasteiger partial charge >= 0.3 is 0 Å². The van der Waals surface area contributed by atoms with Crippen molar-refractivity contribution in [1.82, 2.24) is 14.5 Å². The lowest BCUT2D eigenvalue weighted by Gasteiger charge is -2.42. The van der Waals surface area contributed by atoms with Crippen molar-refractivity contribution >= 4 is 17.7 Å². The van der Waals surface area contributed by atoms with Crippen molar-refractivity contribution < 1.29 is 4.79 Å². The summed E-state index contributed by atoms with van der Waals surface area (Å²) in [6.45, 7) is 5.33. The van der Waals surface area contributed by atoms with E-state index in [0.29, 0.717) is 18.2 Å². The highest BCUT2D eigenvalue weighted by molar-refractivity contribution is 7.99. The Labute approximate surface area is 211 Å². The number of carbonyl (C=O) groups excluding carboxylic acids is 1. The van der Waals surface area contributed by atoms with Crippen molar-refractivity contribution in [1.29, 1.82) is 0 Å². The first-order valence-corrected chi connectivity index (χ1v) is 13.8. The summed E-state index contributed by atoms with van der Waals surface area (Å²) in [5.74, 6) is 0.322. The van der Waals surface area contributed by atoms with Gasteiger partial charge in [0.25, 0.3) is 5.56 Å². The summed E-state index contributed by atoms with van der Waals surface area (Å²) in [7, 11) is 0. The molecule has 3 aromatic rings. The molecule has 2 aromatic carbocycles. The highest BCUT2D eigenvalue weighted by atomic mass is 32.2. The summed E-state index contributed by atoms with van der Waals surface area (Å²) in [5, 5.41) is 0.586. The van der Waals surface area contributed by atoms with E-state index in [1.165, 1.54) is 23.7 Å². The number of aromatic nitrogens is 2. The minimum absolute atomic E-state index is 0.0235. The predicted octanol–water partition coefficient (Wildman–Crippen LogP) is 5.62. The maximum atomic E-state index is 14.4. The van der Waals surface area contributed by atoms with Gasteiger partial charge in [-0.1, -0.05) is 73.5 Å². The molecule has 0 unspecified atom stereocenters. The molecule has 1 heterocycles. The lowest BCUT2D eigenvalue weighted by molar-refractivity contribution is -0.127. The molecule has 2 aliphatic carbocycles. The van der Waals surface area contributed by atoms with Gasteiger partial charge in [0.15, 0.2) is 5.16 Å². The number of benzene rings is 2. The molecule has 5 rings (SSSR count).